The second kappa shape index (κ2) is 9.47. The highest BCUT2D eigenvalue weighted by Gasteiger charge is 2.03. The Kier molecular flexibility index (Phi) is 7.24. The van der Waals surface area contributed by atoms with Crippen LogP contribution >= 0.6 is 11.3 Å². The number of allylic oxidation sites excluding steroid dienone is 1. The Morgan fingerprint density at radius 2 is 1.77 bits per heavy atom. The van der Waals surface area contributed by atoms with Gasteiger partial charge in [-0.25, -0.2) is 0 Å². The van der Waals surface area contributed by atoms with Gasteiger partial charge in [0.15, 0.2) is 0 Å². The van der Waals surface area contributed by atoms with Gasteiger partial charge in [0.2, 0.25) is 0 Å². The van der Waals surface area contributed by atoms with E-state index in [2.05, 4.69) is 62.4 Å². The minimum Gasteiger partial charge on any atom is -0.490 e. The second-order valence-electron chi connectivity index (χ2n) is 5.44. The summed E-state index contributed by atoms with van der Waals surface area (Å²) >= 11 is 1.91. The molecule has 0 aliphatic heterocycles. The van der Waals surface area contributed by atoms with Crippen LogP contribution in [0.1, 0.15) is 44.4 Å². The lowest BCUT2D eigenvalue weighted by Crippen LogP contribution is -1.92. The summed E-state index contributed by atoms with van der Waals surface area (Å²) in [5, 5.41) is 0. The van der Waals surface area contributed by atoms with Crippen LogP contribution in [0, 0.1) is 0 Å². The van der Waals surface area contributed by atoms with Gasteiger partial charge in [-0.3, -0.25) is 0 Å². The summed E-state index contributed by atoms with van der Waals surface area (Å²) in [7, 11) is 0. The van der Waals surface area contributed by atoms with Gasteiger partial charge < -0.3 is 4.74 Å². The first kappa shape index (κ1) is 16.8. The first-order valence-corrected chi connectivity index (χ1v) is 9.12. The molecule has 22 heavy (non-hydrogen) atoms. The van der Waals surface area contributed by atoms with Crippen LogP contribution in [0.4, 0.5) is 0 Å². The van der Waals surface area contributed by atoms with Gasteiger partial charge in [-0.15, -0.1) is 11.3 Å². The van der Waals surface area contributed by atoms with Gasteiger partial charge in [-0.05, 0) is 61.2 Å². The molecular formula is C20H26OS. The van der Waals surface area contributed by atoms with E-state index in [0.29, 0.717) is 6.61 Å². The summed E-state index contributed by atoms with van der Waals surface area (Å²) in [6.45, 7) is 5.03. The maximum atomic E-state index is 5.69. The molecule has 1 nitrogen and oxygen atoms in total. The van der Waals surface area contributed by atoms with E-state index < -0.39 is 0 Å². The molecule has 1 heterocycles. The molecule has 0 bridgehead atoms. The zero-order chi connectivity index (χ0) is 15.6. The molecule has 118 valence electrons. The summed E-state index contributed by atoms with van der Waals surface area (Å²) in [6, 6.07) is 12.9. The molecule has 1 aromatic heterocycles. The first-order valence-electron chi connectivity index (χ1n) is 8.30. The molecule has 0 N–H and O–H groups in total. The van der Waals surface area contributed by atoms with Gasteiger partial charge in [0.25, 0.3) is 0 Å². The van der Waals surface area contributed by atoms with Crippen LogP contribution in [0.2, 0.25) is 0 Å². The first-order chi connectivity index (χ1) is 10.8. The maximum absolute atomic E-state index is 5.69. The Hall–Kier alpha value is -1.54. The highest BCUT2D eigenvalue weighted by molar-refractivity contribution is 7.15. The quantitative estimate of drug-likeness (QED) is 0.379. The number of benzene rings is 1. The fourth-order valence-electron chi connectivity index (χ4n) is 2.31. The fourth-order valence-corrected chi connectivity index (χ4v) is 3.37. The van der Waals surface area contributed by atoms with Crippen LogP contribution in [0.25, 0.3) is 10.4 Å². The van der Waals surface area contributed by atoms with Crippen LogP contribution in [0.3, 0.4) is 0 Å². The lowest BCUT2D eigenvalue weighted by Gasteiger charge is -2.04. The molecule has 0 aliphatic carbocycles. The third-order valence-electron chi connectivity index (χ3n) is 3.58. The average molecular weight is 314 g/mol. The fraction of sp³-hybridized carbons (Fsp3) is 0.400. The van der Waals surface area contributed by atoms with Crippen molar-refractivity contribution in [3.63, 3.8) is 0 Å². The molecule has 2 heteroatoms. The van der Waals surface area contributed by atoms with Crippen LogP contribution in [-0.4, -0.2) is 6.61 Å². The number of aryl methyl sites for hydroxylation is 1. The maximum Gasteiger partial charge on any atom is 0.119 e. The molecule has 0 amide bonds. The molecule has 0 unspecified atom stereocenters. The average Bonchev–Trinajstić information content (AvgIpc) is 3.01. The Bertz CT molecular complexity index is 566. The number of hydrogen-bond donors (Lipinski definition) is 0. The lowest BCUT2D eigenvalue weighted by atomic mass is 10.1. The highest BCUT2D eigenvalue weighted by atomic mass is 32.1. The molecule has 0 saturated carbocycles. The van der Waals surface area contributed by atoms with Crippen molar-refractivity contribution in [3.8, 4) is 16.2 Å². The van der Waals surface area contributed by atoms with E-state index in [4.69, 9.17) is 4.74 Å². The molecule has 0 fully saturated rings. The van der Waals surface area contributed by atoms with E-state index in [9.17, 15) is 0 Å². The van der Waals surface area contributed by atoms with Gasteiger partial charge in [0.1, 0.15) is 12.4 Å². The van der Waals surface area contributed by atoms with Gasteiger partial charge in [-0.1, -0.05) is 38.8 Å². The van der Waals surface area contributed by atoms with Crippen molar-refractivity contribution in [2.45, 2.75) is 46.0 Å². The summed E-state index contributed by atoms with van der Waals surface area (Å²) < 4.78 is 5.69. The van der Waals surface area contributed by atoms with Crippen LogP contribution in [0.15, 0.2) is 48.6 Å². The standard InChI is InChI=1S/C20H26OS/c1-3-5-7-9-19-14-15-20(22-19)17-10-12-18(13-11-17)21-16-8-6-4-2/h6,8,10-15H,3-5,7,9,16H2,1-2H3. The molecular weight excluding hydrogens is 288 g/mol. The Labute approximate surface area is 138 Å². The topological polar surface area (TPSA) is 9.23 Å². The van der Waals surface area contributed by atoms with Gasteiger partial charge in [0.05, 0.1) is 0 Å². The summed E-state index contributed by atoms with van der Waals surface area (Å²) in [6.07, 6.45) is 10.4. The third-order valence-corrected chi connectivity index (χ3v) is 4.77. The third kappa shape index (κ3) is 5.34. The van der Waals surface area contributed by atoms with Crippen molar-refractivity contribution in [3.05, 3.63) is 53.4 Å². The van der Waals surface area contributed by atoms with Crippen molar-refractivity contribution in [1.29, 1.82) is 0 Å². The smallest absolute Gasteiger partial charge is 0.119 e. The van der Waals surface area contributed by atoms with Crippen molar-refractivity contribution in [2.24, 2.45) is 0 Å². The van der Waals surface area contributed by atoms with E-state index in [0.717, 1.165) is 12.2 Å². The number of thiophene rings is 1. The molecule has 0 spiro atoms. The zero-order valence-electron chi connectivity index (χ0n) is 13.7. The molecule has 0 aliphatic rings. The predicted octanol–water partition coefficient (Wildman–Crippen LogP) is 6.49. The SMILES string of the molecule is CCC=CCOc1ccc(-c2ccc(CCCCC)s2)cc1. The number of unbranched alkanes of at least 4 members (excludes halogenated alkanes) is 2. The van der Waals surface area contributed by atoms with E-state index in [1.54, 1.807) is 0 Å². The van der Waals surface area contributed by atoms with E-state index in [1.807, 2.05) is 11.3 Å². The zero-order valence-corrected chi connectivity index (χ0v) is 14.5. The monoisotopic (exact) mass is 314 g/mol. The minimum atomic E-state index is 0.647. The van der Waals surface area contributed by atoms with Crippen molar-refractivity contribution >= 4 is 11.3 Å². The van der Waals surface area contributed by atoms with E-state index in [-0.39, 0.29) is 0 Å². The van der Waals surface area contributed by atoms with Crippen LogP contribution < -0.4 is 4.74 Å². The summed E-state index contributed by atoms with van der Waals surface area (Å²) in [4.78, 5) is 2.84. The molecule has 0 radical (unpaired) electrons. The highest BCUT2D eigenvalue weighted by Crippen LogP contribution is 2.30. The van der Waals surface area contributed by atoms with Gasteiger partial charge in [0, 0.05) is 9.75 Å². The molecule has 0 atom stereocenters. The van der Waals surface area contributed by atoms with E-state index >= 15 is 0 Å². The molecule has 0 saturated heterocycles. The number of rotatable bonds is 9. The largest absolute Gasteiger partial charge is 0.490 e. The van der Waals surface area contributed by atoms with Gasteiger partial charge >= 0.3 is 0 Å². The predicted molar refractivity (Wildman–Crippen MR) is 97.9 cm³/mol. The summed E-state index contributed by atoms with van der Waals surface area (Å²) in [5.41, 5.74) is 1.28. The molecule has 2 aromatic rings. The van der Waals surface area contributed by atoms with Crippen molar-refractivity contribution in [1.82, 2.24) is 0 Å². The molecule has 1 aromatic carbocycles. The van der Waals surface area contributed by atoms with Crippen molar-refractivity contribution < 1.29 is 4.74 Å². The normalized spacial score (nSPS) is 11.2. The lowest BCUT2D eigenvalue weighted by molar-refractivity contribution is 0.362. The molecule has 2 rings (SSSR count). The number of ether oxygens (including phenoxy) is 1. The Morgan fingerprint density at radius 1 is 0.955 bits per heavy atom. The van der Waals surface area contributed by atoms with Crippen molar-refractivity contribution in [2.75, 3.05) is 6.61 Å². The minimum absolute atomic E-state index is 0.647. The van der Waals surface area contributed by atoms with E-state index in [1.165, 1.54) is 41.0 Å². The Balaban J connectivity index is 1.91. The van der Waals surface area contributed by atoms with Gasteiger partial charge in [-0.2, -0.15) is 0 Å². The Morgan fingerprint density at radius 3 is 2.50 bits per heavy atom. The second-order valence-corrected chi connectivity index (χ2v) is 6.61. The van der Waals surface area contributed by atoms with Crippen LogP contribution in [0.5, 0.6) is 5.75 Å². The summed E-state index contributed by atoms with van der Waals surface area (Å²) in [5.74, 6) is 0.934. The number of hydrogen-bond acceptors (Lipinski definition) is 2. The van der Waals surface area contributed by atoms with Crippen LogP contribution in [-0.2, 0) is 6.42 Å².